The van der Waals surface area contributed by atoms with E-state index in [2.05, 4.69) is 9.36 Å². The number of nitrogens with zero attached hydrogens (tertiary/aromatic N) is 3. The molecule has 3 rings (SSSR count). The van der Waals surface area contributed by atoms with Crippen molar-refractivity contribution < 1.29 is 19.0 Å². The average Bonchev–Trinajstić information content (AvgIpc) is 3.20. The Labute approximate surface area is 137 Å². The van der Waals surface area contributed by atoms with Gasteiger partial charge in [0.15, 0.2) is 6.29 Å². The predicted molar refractivity (Wildman–Crippen MR) is 82.3 cm³/mol. The molecule has 2 fully saturated rings. The minimum absolute atomic E-state index is 0.0104. The van der Waals surface area contributed by atoms with Gasteiger partial charge in [0.1, 0.15) is 12.2 Å². The molecule has 2 saturated heterocycles. The Morgan fingerprint density at radius 2 is 2.27 bits per heavy atom. The summed E-state index contributed by atoms with van der Waals surface area (Å²) in [5.74, 6) is 0. The third kappa shape index (κ3) is 3.89. The van der Waals surface area contributed by atoms with Crippen LogP contribution in [-0.2, 0) is 9.47 Å². The molecule has 22 heavy (non-hydrogen) atoms. The maximum absolute atomic E-state index is 12.0. The standard InChI is InChI=1S/C13H19N3O4S2/c1-8(10-7-18-9(2)20-10)19-12-14-11(15-22-12)21-13(17)16-5-3-4-6-16/h8-10H,3-7H2,1-2H3/t8-,9?,10-/m1/s1. The van der Waals surface area contributed by atoms with Crippen molar-refractivity contribution in [2.24, 2.45) is 0 Å². The van der Waals surface area contributed by atoms with Gasteiger partial charge in [0, 0.05) is 36.4 Å². The second kappa shape index (κ2) is 7.12. The number of rotatable bonds is 4. The van der Waals surface area contributed by atoms with Gasteiger partial charge in [-0.3, -0.25) is 4.79 Å². The third-order valence-electron chi connectivity index (χ3n) is 3.60. The van der Waals surface area contributed by atoms with Crippen LogP contribution in [0.3, 0.4) is 0 Å². The number of hydrogen-bond acceptors (Lipinski definition) is 8. The van der Waals surface area contributed by atoms with E-state index in [1.165, 1.54) is 0 Å². The number of carbonyl (C=O) groups excluding carboxylic acids is 1. The quantitative estimate of drug-likeness (QED) is 0.776. The molecule has 2 aliphatic heterocycles. The summed E-state index contributed by atoms with van der Waals surface area (Å²) < 4.78 is 20.8. The van der Waals surface area contributed by atoms with Gasteiger partial charge in [-0.15, -0.1) is 0 Å². The molecule has 0 aromatic carbocycles. The van der Waals surface area contributed by atoms with Gasteiger partial charge in [-0.2, -0.15) is 9.36 Å². The molecule has 7 nitrogen and oxygen atoms in total. The molecule has 1 unspecified atom stereocenters. The van der Waals surface area contributed by atoms with Crippen LogP contribution < -0.4 is 4.74 Å². The molecule has 0 N–H and O–H groups in total. The number of ether oxygens (including phenoxy) is 3. The normalized spacial score (nSPS) is 26.4. The topological polar surface area (TPSA) is 73.8 Å². The molecule has 3 heterocycles. The number of thioether (sulfide) groups is 1. The summed E-state index contributed by atoms with van der Waals surface area (Å²) in [6, 6.07) is 0. The molecule has 0 saturated carbocycles. The van der Waals surface area contributed by atoms with Gasteiger partial charge in [-0.1, -0.05) is 0 Å². The second-order valence-corrected chi connectivity index (χ2v) is 6.94. The minimum atomic E-state index is -0.199. The number of carbonyl (C=O) groups is 1. The molecule has 1 aromatic rings. The zero-order valence-corrected chi connectivity index (χ0v) is 14.2. The van der Waals surface area contributed by atoms with Crippen LogP contribution >= 0.6 is 23.3 Å². The molecular weight excluding hydrogens is 326 g/mol. The van der Waals surface area contributed by atoms with Crippen molar-refractivity contribution in [1.29, 1.82) is 0 Å². The van der Waals surface area contributed by atoms with Crippen LogP contribution in [0.2, 0.25) is 0 Å². The lowest BCUT2D eigenvalue weighted by Gasteiger charge is -2.17. The summed E-state index contributed by atoms with van der Waals surface area (Å²) in [5, 5.41) is 0.907. The lowest BCUT2D eigenvalue weighted by atomic mass is 10.2. The highest BCUT2D eigenvalue weighted by molar-refractivity contribution is 8.13. The van der Waals surface area contributed by atoms with Crippen LogP contribution in [0.1, 0.15) is 26.7 Å². The van der Waals surface area contributed by atoms with Gasteiger partial charge < -0.3 is 19.1 Å². The van der Waals surface area contributed by atoms with Gasteiger partial charge in [0.2, 0.25) is 5.16 Å². The molecule has 3 atom stereocenters. The molecule has 2 aliphatic rings. The lowest BCUT2D eigenvalue weighted by molar-refractivity contribution is -0.0609. The van der Waals surface area contributed by atoms with Crippen molar-refractivity contribution in [3.05, 3.63) is 0 Å². The van der Waals surface area contributed by atoms with Crippen LogP contribution in [0.25, 0.3) is 0 Å². The molecule has 122 valence electrons. The minimum Gasteiger partial charge on any atom is -0.463 e. The Morgan fingerprint density at radius 3 is 2.95 bits per heavy atom. The zero-order chi connectivity index (χ0) is 15.5. The van der Waals surface area contributed by atoms with Crippen LogP contribution in [0.5, 0.6) is 5.19 Å². The first-order valence-electron chi connectivity index (χ1n) is 7.36. The predicted octanol–water partition coefficient (Wildman–Crippen LogP) is 2.37. The molecular formula is C13H19N3O4S2. The van der Waals surface area contributed by atoms with Crippen molar-refractivity contribution >= 4 is 28.5 Å². The van der Waals surface area contributed by atoms with Crippen LogP contribution in [-0.4, -0.2) is 57.7 Å². The fourth-order valence-corrected chi connectivity index (χ4v) is 3.80. The van der Waals surface area contributed by atoms with Crippen LogP contribution in [0, 0.1) is 0 Å². The Morgan fingerprint density at radius 1 is 1.50 bits per heavy atom. The van der Waals surface area contributed by atoms with E-state index in [-0.39, 0.29) is 23.7 Å². The van der Waals surface area contributed by atoms with E-state index < -0.39 is 0 Å². The molecule has 0 radical (unpaired) electrons. The first kappa shape index (κ1) is 16.0. The fraction of sp³-hybridized carbons (Fsp3) is 0.769. The van der Waals surface area contributed by atoms with E-state index in [9.17, 15) is 4.79 Å². The third-order valence-corrected chi connectivity index (χ3v) is 5.12. The smallest absolute Gasteiger partial charge is 0.294 e. The Balaban J connectivity index is 1.51. The molecule has 1 amide bonds. The van der Waals surface area contributed by atoms with Gasteiger partial charge >= 0.3 is 0 Å². The fourth-order valence-electron chi connectivity index (χ4n) is 2.36. The number of hydrogen-bond donors (Lipinski definition) is 0. The monoisotopic (exact) mass is 345 g/mol. The van der Waals surface area contributed by atoms with E-state index in [1.54, 1.807) is 0 Å². The van der Waals surface area contributed by atoms with Crippen molar-refractivity contribution in [1.82, 2.24) is 14.3 Å². The Hall–Kier alpha value is -0.900. The highest BCUT2D eigenvalue weighted by Gasteiger charge is 2.30. The van der Waals surface area contributed by atoms with Crippen LogP contribution in [0.4, 0.5) is 4.79 Å². The van der Waals surface area contributed by atoms with Gasteiger partial charge in [0.05, 0.1) is 6.61 Å². The summed E-state index contributed by atoms with van der Waals surface area (Å²) >= 11 is 2.21. The second-order valence-electron chi connectivity index (χ2n) is 5.30. The molecule has 0 spiro atoms. The summed E-state index contributed by atoms with van der Waals surface area (Å²) in [6.45, 7) is 5.93. The molecule has 1 aromatic heterocycles. The first-order chi connectivity index (χ1) is 10.6. The van der Waals surface area contributed by atoms with Crippen molar-refractivity contribution in [2.75, 3.05) is 19.7 Å². The summed E-state index contributed by atoms with van der Waals surface area (Å²) in [5.41, 5.74) is 0. The number of aromatic nitrogens is 2. The van der Waals surface area contributed by atoms with Crippen LogP contribution in [0.15, 0.2) is 5.16 Å². The van der Waals surface area contributed by atoms with E-state index in [0.29, 0.717) is 17.0 Å². The maximum Gasteiger partial charge on any atom is 0.294 e. The lowest BCUT2D eigenvalue weighted by Crippen LogP contribution is -2.31. The van der Waals surface area contributed by atoms with Gasteiger partial charge in [0.25, 0.3) is 10.4 Å². The van der Waals surface area contributed by atoms with E-state index >= 15 is 0 Å². The van der Waals surface area contributed by atoms with E-state index in [4.69, 9.17) is 14.2 Å². The maximum atomic E-state index is 12.0. The zero-order valence-electron chi connectivity index (χ0n) is 12.6. The van der Waals surface area contributed by atoms with E-state index in [0.717, 1.165) is 49.2 Å². The summed E-state index contributed by atoms with van der Waals surface area (Å²) in [4.78, 5) is 18.1. The highest BCUT2D eigenvalue weighted by Crippen LogP contribution is 2.27. The SMILES string of the molecule is CC1OC[C@H]([C@@H](C)Oc2nc(SC(=O)N3CCCC3)ns2)O1. The van der Waals surface area contributed by atoms with Crippen molar-refractivity contribution in [2.45, 2.75) is 50.3 Å². The van der Waals surface area contributed by atoms with Gasteiger partial charge in [-0.25, -0.2) is 0 Å². The Bertz CT molecular complexity index is 521. The van der Waals surface area contributed by atoms with E-state index in [1.807, 2.05) is 18.7 Å². The molecule has 9 heteroatoms. The van der Waals surface area contributed by atoms with Gasteiger partial charge in [-0.05, 0) is 26.7 Å². The summed E-state index contributed by atoms with van der Waals surface area (Å²) in [6.07, 6.45) is 1.66. The highest BCUT2D eigenvalue weighted by atomic mass is 32.2. The summed E-state index contributed by atoms with van der Waals surface area (Å²) in [7, 11) is 0. The average molecular weight is 345 g/mol. The number of amides is 1. The number of likely N-dealkylation sites (tertiary alicyclic amines) is 1. The largest absolute Gasteiger partial charge is 0.463 e. The molecule has 0 aliphatic carbocycles. The first-order valence-corrected chi connectivity index (χ1v) is 8.95. The van der Waals surface area contributed by atoms with Crippen molar-refractivity contribution in [3.8, 4) is 5.19 Å². The van der Waals surface area contributed by atoms with Crippen molar-refractivity contribution in [3.63, 3.8) is 0 Å². The Kier molecular flexibility index (Phi) is 5.17. The molecule has 0 bridgehead atoms.